The van der Waals surface area contributed by atoms with Crippen molar-refractivity contribution >= 4 is 34.5 Å². The summed E-state index contributed by atoms with van der Waals surface area (Å²) in [5, 5.41) is 3.71. The van der Waals surface area contributed by atoms with E-state index in [-0.39, 0.29) is 12.5 Å². The molecule has 5 nitrogen and oxygen atoms in total. The Balaban J connectivity index is 1.52. The molecule has 0 radical (unpaired) electrons. The average molecular weight is 346 g/mol. The predicted molar refractivity (Wildman–Crippen MR) is 102 cm³/mol. The average Bonchev–Trinajstić information content (AvgIpc) is 2.64. The highest BCUT2D eigenvalue weighted by Gasteiger charge is 2.06. The zero-order valence-corrected chi connectivity index (χ0v) is 14.3. The third-order valence-corrected chi connectivity index (χ3v) is 3.66. The molecule has 1 amide bonds. The number of carbonyl (C=O) groups is 2. The molecule has 0 aliphatic heterocycles. The first kappa shape index (κ1) is 17.4. The number of anilines is 1. The van der Waals surface area contributed by atoms with E-state index in [0.717, 1.165) is 16.5 Å². The van der Waals surface area contributed by atoms with Gasteiger partial charge < -0.3 is 10.1 Å². The molecule has 1 aromatic heterocycles. The van der Waals surface area contributed by atoms with Gasteiger partial charge in [0.15, 0.2) is 6.61 Å². The number of carbonyl (C=O) groups excluding carboxylic acids is 2. The summed E-state index contributed by atoms with van der Waals surface area (Å²) in [5.41, 5.74) is 3.19. The van der Waals surface area contributed by atoms with Crippen LogP contribution in [-0.2, 0) is 14.3 Å². The Labute approximate surface area is 151 Å². The van der Waals surface area contributed by atoms with Crippen LogP contribution in [0.5, 0.6) is 0 Å². The third kappa shape index (κ3) is 4.77. The molecule has 0 fully saturated rings. The van der Waals surface area contributed by atoms with Gasteiger partial charge in [-0.1, -0.05) is 36.4 Å². The van der Waals surface area contributed by atoms with Gasteiger partial charge in [0.1, 0.15) is 0 Å². The lowest BCUT2D eigenvalue weighted by molar-refractivity contribution is -0.142. The molecule has 3 rings (SSSR count). The molecule has 0 spiro atoms. The van der Waals surface area contributed by atoms with Crippen molar-refractivity contribution in [2.75, 3.05) is 11.9 Å². The number of esters is 1. The number of nitrogens with one attached hydrogen (secondary N) is 1. The Morgan fingerprint density at radius 1 is 1.08 bits per heavy atom. The van der Waals surface area contributed by atoms with Crippen LogP contribution >= 0.6 is 0 Å². The fraction of sp³-hybridized carbons (Fsp3) is 0.0952. The Kier molecular flexibility index (Phi) is 5.39. The fourth-order valence-electron chi connectivity index (χ4n) is 2.43. The number of para-hydroxylation sites is 1. The van der Waals surface area contributed by atoms with Crippen LogP contribution in [-0.4, -0.2) is 23.5 Å². The van der Waals surface area contributed by atoms with Crippen LogP contribution in [0, 0.1) is 6.92 Å². The summed E-state index contributed by atoms with van der Waals surface area (Å²) in [6.45, 7) is 1.59. The first-order valence-electron chi connectivity index (χ1n) is 8.17. The van der Waals surface area contributed by atoms with Crippen LogP contribution in [0.4, 0.5) is 5.69 Å². The Hall–Kier alpha value is -3.47. The van der Waals surface area contributed by atoms with E-state index in [0.29, 0.717) is 11.4 Å². The molecule has 1 N–H and O–H groups in total. The van der Waals surface area contributed by atoms with Crippen molar-refractivity contribution in [2.45, 2.75) is 6.92 Å². The molecule has 0 aliphatic rings. The molecule has 2 aromatic carbocycles. The SMILES string of the molecule is Cc1cccc(NC(=O)COC(=O)/C=C/c2ccc3ccccc3n2)c1. The topological polar surface area (TPSA) is 68.3 Å². The normalized spacial score (nSPS) is 10.8. The Bertz CT molecular complexity index is 980. The molecule has 3 aromatic rings. The van der Waals surface area contributed by atoms with Crippen LogP contribution in [0.15, 0.2) is 66.7 Å². The van der Waals surface area contributed by atoms with Crippen molar-refractivity contribution in [3.63, 3.8) is 0 Å². The molecule has 0 atom stereocenters. The summed E-state index contributed by atoms with van der Waals surface area (Å²) in [6, 6.07) is 18.9. The quantitative estimate of drug-likeness (QED) is 0.564. The summed E-state index contributed by atoms with van der Waals surface area (Å²) in [4.78, 5) is 28.0. The number of pyridine rings is 1. The maximum Gasteiger partial charge on any atom is 0.331 e. The molecule has 26 heavy (non-hydrogen) atoms. The van der Waals surface area contributed by atoms with Gasteiger partial charge in [0.25, 0.3) is 5.91 Å². The van der Waals surface area contributed by atoms with Gasteiger partial charge in [-0.25, -0.2) is 9.78 Å². The number of amides is 1. The first-order valence-corrected chi connectivity index (χ1v) is 8.17. The molecule has 0 saturated heterocycles. The highest BCUT2D eigenvalue weighted by atomic mass is 16.5. The highest BCUT2D eigenvalue weighted by Crippen LogP contribution is 2.12. The fourth-order valence-corrected chi connectivity index (χ4v) is 2.43. The van der Waals surface area contributed by atoms with E-state index in [4.69, 9.17) is 4.74 Å². The van der Waals surface area contributed by atoms with Crippen LogP contribution in [0.3, 0.4) is 0 Å². The molecule has 0 unspecified atom stereocenters. The number of hydrogen-bond acceptors (Lipinski definition) is 4. The molecule has 1 heterocycles. The van der Waals surface area contributed by atoms with Gasteiger partial charge in [0.2, 0.25) is 0 Å². The van der Waals surface area contributed by atoms with E-state index >= 15 is 0 Å². The lowest BCUT2D eigenvalue weighted by Crippen LogP contribution is -2.20. The summed E-state index contributed by atoms with van der Waals surface area (Å²) < 4.78 is 4.95. The van der Waals surface area contributed by atoms with Crippen LogP contribution in [0.2, 0.25) is 0 Å². The Morgan fingerprint density at radius 2 is 1.92 bits per heavy atom. The van der Waals surface area contributed by atoms with Gasteiger partial charge in [0, 0.05) is 17.1 Å². The molecular weight excluding hydrogens is 328 g/mol. The molecule has 5 heteroatoms. The monoisotopic (exact) mass is 346 g/mol. The van der Waals surface area contributed by atoms with Crippen LogP contribution in [0.1, 0.15) is 11.3 Å². The van der Waals surface area contributed by atoms with Crippen molar-refractivity contribution in [1.29, 1.82) is 0 Å². The molecule has 0 saturated carbocycles. The molecule has 0 bridgehead atoms. The highest BCUT2D eigenvalue weighted by molar-refractivity contribution is 5.94. The summed E-state index contributed by atoms with van der Waals surface area (Å²) in [6.07, 6.45) is 2.82. The van der Waals surface area contributed by atoms with Gasteiger partial charge in [-0.2, -0.15) is 0 Å². The number of hydrogen-bond donors (Lipinski definition) is 1. The minimum atomic E-state index is -0.598. The van der Waals surface area contributed by atoms with Crippen molar-refractivity contribution in [3.05, 3.63) is 78.0 Å². The summed E-state index contributed by atoms with van der Waals surface area (Å²) in [5.74, 6) is -0.986. The Morgan fingerprint density at radius 3 is 2.77 bits per heavy atom. The summed E-state index contributed by atoms with van der Waals surface area (Å²) in [7, 11) is 0. The van der Waals surface area contributed by atoms with Gasteiger partial charge in [-0.15, -0.1) is 0 Å². The second-order valence-corrected chi connectivity index (χ2v) is 5.79. The van der Waals surface area contributed by atoms with E-state index in [1.807, 2.05) is 61.5 Å². The number of fused-ring (bicyclic) bond motifs is 1. The predicted octanol–water partition coefficient (Wildman–Crippen LogP) is 3.74. The third-order valence-electron chi connectivity index (χ3n) is 3.66. The zero-order chi connectivity index (χ0) is 18.4. The maximum atomic E-state index is 11.8. The minimum Gasteiger partial charge on any atom is -0.452 e. The lowest BCUT2D eigenvalue weighted by atomic mass is 10.2. The first-order chi connectivity index (χ1) is 12.6. The second kappa shape index (κ2) is 8.07. The van der Waals surface area contributed by atoms with Gasteiger partial charge in [-0.3, -0.25) is 4.79 Å². The maximum absolute atomic E-state index is 11.8. The van der Waals surface area contributed by atoms with Crippen molar-refractivity contribution in [2.24, 2.45) is 0 Å². The van der Waals surface area contributed by atoms with Crippen molar-refractivity contribution in [3.8, 4) is 0 Å². The minimum absolute atomic E-state index is 0.345. The van der Waals surface area contributed by atoms with E-state index in [9.17, 15) is 9.59 Å². The molecule has 0 aliphatic carbocycles. The lowest BCUT2D eigenvalue weighted by Gasteiger charge is -2.06. The molecular formula is C21H18N2O3. The second-order valence-electron chi connectivity index (χ2n) is 5.79. The number of ether oxygens (including phenoxy) is 1. The van der Waals surface area contributed by atoms with Gasteiger partial charge in [0.05, 0.1) is 11.2 Å². The zero-order valence-electron chi connectivity index (χ0n) is 14.3. The molecule has 130 valence electrons. The van der Waals surface area contributed by atoms with Gasteiger partial charge in [-0.05, 0) is 42.8 Å². The standard InChI is InChI=1S/C21H18N2O3/c1-15-5-4-7-18(13-15)23-20(24)14-26-21(25)12-11-17-10-9-16-6-2-3-8-19(16)22-17/h2-13H,14H2,1H3,(H,23,24)/b12-11+. The number of nitrogens with zero attached hydrogens (tertiary/aromatic N) is 1. The number of benzene rings is 2. The number of rotatable bonds is 5. The van der Waals surface area contributed by atoms with Crippen molar-refractivity contribution < 1.29 is 14.3 Å². The van der Waals surface area contributed by atoms with Crippen molar-refractivity contribution in [1.82, 2.24) is 4.98 Å². The van der Waals surface area contributed by atoms with E-state index < -0.39 is 5.97 Å². The van der Waals surface area contributed by atoms with E-state index in [1.165, 1.54) is 6.08 Å². The summed E-state index contributed by atoms with van der Waals surface area (Å²) >= 11 is 0. The van der Waals surface area contributed by atoms with E-state index in [2.05, 4.69) is 10.3 Å². The smallest absolute Gasteiger partial charge is 0.331 e. The van der Waals surface area contributed by atoms with Crippen LogP contribution in [0.25, 0.3) is 17.0 Å². The van der Waals surface area contributed by atoms with Crippen LogP contribution < -0.4 is 5.32 Å². The largest absolute Gasteiger partial charge is 0.452 e. The van der Waals surface area contributed by atoms with E-state index in [1.54, 1.807) is 12.1 Å². The van der Waals surface area contributed by atoms with Gasteiger partial charge >= 0.3 is 5.97 Å². The number of aromatic nitrogens is 1. The number of aryl methyl sites for hydroxylation is 1.